The first kappa shape index (κ1) is 38.9. The van der Waals surface area contributed by atoms with Crippen LogP contribution in [-0.4, -0.2) is 9.13 Å². The second kappa shape index (κ2) is 14.9. The molecule has 11 aromatic carbocycles. The van der Waals surface area contributed by atoms with Gasteiger partial charge in [0.25, 0.3) is 0 Å². The van der Waals surface area contributed by atoms with Gasteiger partial charge in [-0.15, -0.1) is 0 Å². The second-order valence-electron chi connectivity index (χ2n) is 18.8. The molecule has 70 heavy (non-hydrogen) atoms. The van der Waals surface area contributed by atoms with Crippen LogP contribution in [-0.2, 0) is 5.41 Å². The van der Waals surface area contributed by atoms with Crippen LogP contribution >= 0.6 is 0 Å². The fourth-order valence-corrected chi connectivity index (χ4v) is 12.5. The molecule has 13 aromatic rings. The lowest BCUT2D eigenvalue weighted by Gasteiger charge is -2.32. The molecule has 3 heteroatoms. The summed E-state index contributed by atoms with van der Waals surface area (Å²) < 4.78 is 4.82. The lowest BCUT2D eigenvalue weighted by molar-refractivity contribution is 0.793. The first-order valence-corrected chi connectivity index (χ1v) is 24.3. The normalized spacial score (nSPS) is 13.0. The van der Waals surface area contributed by atoms with Crippen LogP contribution in [0.1, 0.15) is 22.3 Å². The Morgan fingerprint density at radius 2 is 0.714 bits per heavy atom. The quantitative estimate of drug-likeness (QED) is 0.162. The van der Waals surface area contributed by atoms with Gasteiger partial charge in [0.15, 0.2) is 0 Å². The average molecular weight is 890 g/mol. The first-order valence-electron chi connectivity index (χ1n) is 24.3. The Bertz CT molecular complexity index is 4190. The summed E-state index contributed by atoms with van der Waals surface area (Å²) in [6, 6.07) is 96.7. The molecule has 3 nitrogen and oxygen atoms in total. The van der Waals surface area contributed by atoms with Gasteiger partial charge >= 0.3 is 0 Å². The summed E-state index contributed by atoms with van der Waals surface area (Å²) in [6.45, 7) is 0. The molecule has 0 fully saturated rings. The third-order valence-corrected chi connectivity index (χ3v) is 15.3. The maximum absolute atomic E-state index is 2.52. The summed E-state index contributed by atoms with van der Waals surface area (Å²) in [4.78, 5) is 2.52. The van der Waals surface area contributed by atoms with Gasteiger partial charge in [-0.3, -0.25) is 0 Å². The number of hydrogen-bond acceptors (Lipinski definition) is 1. The average Bonchev–Trinajstić information content (AvgIpc) is 4.13. The third-order valence-electron chi connectivity index (χ3n) is 15.3. The third kappa shape index (κ3) is 5.34. The van der Waals surface area contributed by atoms with Crippen molar-refractivity contribution in [2.45, 2.75) is 5.41 Å². The number of aromatic nitrogens is 2. The van der Waals surface area contributed by atoms with Crippen molar-refractivity contribution in [3.8, 4) is 44.8 Å². The Balaban J connectivity index is 1.01. The lowest BCUT2D eigenvalue weighted by Crippen LogP contribution is -2.26. The largest absolute Gasteiger partial charge is 0.310 e. The minimum absolute atomic E-state index is 0.483. The number of rotatable bonds is 6. The fraction of sp³-hybridized carbons (Fsp3) is 0.0149. The van der Waals surface area contributed by atoms with Gasteiger partial charge in [-0.1, -0.05) is 182 Å². The maximum Gasteiger partial charge on any atom is 0.0726 e. The van der Waals surface area contributed by atoms with E-state index < -0.39 is 5.41 Å². The van der Waals surface area contributed by atoms with Crippen LogP contribution < -0.4 is 4.90 Å². The number of fused-ring (bicyclic) bond motifs is 16. The molecule has 0 bridgehead atoms. The summed E-state index contributed by atoms with van der Waals surface area (Å²) in [5.41, 5.74) is 22.6. The van der Waals surface area contributed by atoms with Crippen LogP contribution in [0.15, 0.2) is 261 Å². The van der Waals surface area contributed by atoms with Crippen molar-refractivity contribution in [3.63, 3.8) is 0 Å². The first-order chi connectivity index (χ1) is 34.8. The molecule has 326 valence electrons. The highest BCUT2D eigenvalue weighted by atomic mass is 15.1. The molecule has 2 heterocycles. The van der Waals surface area contributed by atoms with Gasteiger partial charge < -0.3 is 14.0 Å². The minimum atomic E-state index is -0.483. The lowest BCUT2D eigenvalue weighted by atomic mass is 9.70. The van der Waals surface area contributed by atoms with Gasteiger partial charge in [0.05, 0.1) is 33.2 Å². The molecule has 2 aromatic heterocycles. The molecule has 1 spiro atoms. The second-order valence-corrected chi connectivity index (χ2v) is 18.8. The summed E-state index contributed by atoms with van der Waals surface area (Å²) in [5, 5.41) is 4.90. The zero-order chi connectivity index (χ0) is 45.9. The topological polar surface area (TPSA) is 13.1 Å². The van der Waals surface area contributed by atoms with E-state index in [2.05, 4.69) is 275 Å². The van der Waals surface area contributed by atoms with Crippen LogP contribution in [0.4, 0.5) is 17.1 Å². The Labute approximate surface area is 406 Å². The Hall–Kier alpha value is -9.18. The molecule has 2 aliphatic rings. The van der Waals surface area contributed by atoms with Gasteiger partial charge in [0.2, 0.25) is 0 Å². The number of hydrogen-bond donors (Lipinski definition) is 0. The number of nitrogens with zero attached hydrogens (tertiary/aromatic N) is 3. The smallest absolute Gasteiger partial charge is 0.0726 e. The highest BCUT2D eigenvalue weighted by Gasteiger charge is 2.51. The summed E-state index contributed by atoms with van der Waals surface area (Å²) >= 11 is 0. The van der Waals surface area contributed by atoms with E-state index in [0.717, 1.165) is 39.6 Å². The van der Waals surface area contributed by atoms with Crippen LogP contribution in [0, 0.1) is 0 Å². The fourth-order valence-electron chi connectivity index (χ4n) is 12.5. The van der Waals surface area contributed by atoms with E-state index in [0.29, 0.717) is 0 Å². The highest BCUT2D eigenvalue weighted by molar-refractivity contribution is 6.12. The van der Waals surface area contributed by atoms with Gasteiger partial charge in [0.1, 0.15) is 0 Å². The van der Waals surface area contributed by atoms with Crippen LogP contribution in [0.3, 0.4) is 0 Å². The molecule has 15 rings (SSSR count). The summed E-state index contributed by atoms with van der Waals surface area (Å²) in [6.07, 6.45) is 0. The van der Waals surface area contributed by atoms with E-state index in [1.165, 1.54) is 88.1 Å². The standard InChI is InChI=1S/C67H43N3/c1-3-19-45(20-4-1)69-64-34-18-12-28-55(64)57-42-47(37-40-65(57)69)68(62-32-16-10-23-49(62)44-35-38-56-54-27-11-17-33-63(54)70(66(56)41-44)46-21-5-2-6-22-46)48-36-39-53-52-26-9-15-31-60(52)67(61(53)43-48)58-29-13-7-24-50(58)51-25-8-14-30-59(51)67/h1-43H. The maximum atomic E-state index is 2.52. The zero-order valence-electron chi connectivity index (χ0n) is 38.2. The molecule has 0 radical (unpaired) electrons. The number of benzene rings is 11. The monoisotopic (exact) mass is 889 g/mol. The van der Waals surface area contributed by atoms with E-state index in [1.54, 1.807) is 0 Å². The Morgan fingerprint density at radius 1 is 0.271 bits per heavy atom. The number of anilines is 3. The van der Waals surface area contributed by atoms with Crippen molar-refractivity contribution in [2.75, 3.05) is 4.90 Å². The van der Waals surface area contributed by atoms with E-state index in [1.807, 2.05) is 0 Å². The van der Waals surface area contributed by atoms with Crippen molar-refractivity contribution >= 4 is 60.7 Å². The Kier molecular flexibility index (Phi) is 8.28. The van der Waals surface area contributed by atoms with Gasteiger partial charge in [0, 0.05) is 49.9 Å². The van der Waals surface area contributed by atoms with Crippen molar-refractivity contribution in [1.82, 2.24) is 9.13 Å². The molecular weight excluding hydrogens is 847 g/mol. The molecular formula is C67H43N3. The molecule has 2 aliphatic carbocycles. The predicted molar refractivity (Wildman–Crippen MR) is 292 cm³/mol. The summed E-state index contributed by atoms with van der Waals surface area (Å²) in [5.74, 6) is 0. The van der Waals surface area contributed by atoms with Crippen molar-refractivity contribution in [1.29, 1.82) is 0 Å². The summed E-state index contributed by atoms with van der Waals surface area (Å²) in [7, 11) is 0. The number of para-hydroxylation sites is 5. The van der Waals surface area contributed by atoms with Crippen LogP contribution in [0.2, 0.25) is 0 Å². The van der Waals surface area contributed by atoms with E-state index in [9.17, 15) is 0 Å². The van der Waals surface area contributed by atoms with Crippen molar-refractivity contribution < 1.29 is 0 Å². The molecule has 0 saturated carbocycles. The van der Waals surface area contributed by atoms with E-state index >= 15 is 0 Å². The molecule has 0 aliphatic heterocycles. The molecule has 0 N–H and O–H groups in total. The van der Waals surface area contributed by atoms with Gasteiger partial charge in [-0.05, 0) is 129 Å². The molecule has 0 atom stereocenters. The zero-order valence-corrected chi connectivity index (χ0v) is 38.2. The highest BCUT2D eigenvalue weighted by Crippen LogP contribution is 2.63. The van der Waals surface area contributed by atoms with Crippen molar-refractivity contribution in [3.05, 3.63) is 283 Å². The van der Waals surface area contributed by atoms with E-state index in [4.69, 9.17) is 0 Å². The van der Waals surface area contributed by atoms with Gasteiger partial charge in [-0.2, -0.15) is 0 Å². The predicted octanol–water partition coefficient (Wildman–Crippen LogP) is 17.4. The van der Waals surface area contributed by atoms with Crippen LogP contribution in [0.25, 0.3) is 88.4 Å². The SMILES string of the molecule is c1ccc(-n2c3ccccc3c3cc(N(c4ccc5c(c4)C4(c6ccccc6-c6ccccc64)c4ccccc4-5)c4ccccc4-c4ccc5c6ccccc6n(-c6ccccc6)c5c4)ccc32)cc1. The Morgan fingerprint density at radius 3 is 1.34 bits per heavy atom. The van der Waals surface area contributed by atoms with Crippen LogP contribution in [0.5, 0.6) is 0 Å². The minimum Gasteiger partial charge on any atom is -0.310 e. The van der Waals surface area contributed by atoms with E-state index in [-0.39, 0.29) is 0 Å². The van der Waals surface area contributed by atoms with Gasteiger partial charge in [-0.25, -0.2) is 0 Å². The molecule has 0 unspecified atom stereocenters. The van der Waals surface area contributed by atoms with Crippen molar-refractivity contribution in [2.24, 2.45) is 0 Å². The molecule has 0 saturated heterocycles. The molecule has 0 amide bonds.